The van der Waals surface area contributed by atoms with Crippen LogP contribution >= 0.6 is 11.6 Å². The van der Waals surface area contributed by atoms with E-state index in [1.165, 1.54) is 0 Å². The first-order chi connectivity index (χ1) is 5.82. The summed E-state index contributed by atoms with van der Waals surface area (Å²) in [6.07, 6.45) is -4.72. The molecule has 0 unspecified atom stereocenters. The predicted octanol–water partition coefficient (Wildman–Crippen LogP) is 2.48. The van der Waals surface area contributed by atoms with Gasteiger partial charge >= 0.3 is 6.18 Å². The maximum absolute atomic E-state index is 12.5. The molecule has 0 aliphatic heterocycles. The van der Waals surface area contributed by atoms with Gasteiger partial charge in [-0.25, -0.2) is 9.37 Å². The summed E-state index contributed by atoms with van der Waals surface area (Å²) in [5, 5.41) is -0.855. The van der Waals surface area contributed by atoms with Crippen LogP contribution in [0.3, 0.4) is 0 Å². The third-order valence-corrected chi connectivity index (χ3v) is 1.55. The van der Waals surface area contributed by atoms with Gasteiger partial charge < -0.3 is 5.73 Å². The lowest BCUT2D eigenvalue weighted by Gasteiger charge is -2.08. The summed E-state index contributed by atoms with van der Waals surface area (Å²) >= 11 is 5.11. The van der Waals surface area contributed by atoms with E-state index in [4.69, 9.17) is 17.3 Å². The summed E-state index contributed by atoms with van der Waals surface area (Å²) < 4.78 is 48.6. The highest BCUT2D eigenvalue weighted by atomic mass is 35.5. The molecule has 2 nitrogen and oxygen atoms in total. The van der Waals surface area contributed by atoms with Gasteiger partial charge in [-0.05, 0) is 6.07 Å². The van der Waals surface area contributed by atoms with Crippen LogP contribution in [0.1, 0.15) is 5.56 Å². The summed E-state index contributed by atoms with van der Waals surface area (Å²) in [4.78, 5) is 2.99. The summed E-state index contributed by atoms with van der Waals surface area (Å²) in [5.41, 5.74) is 3.56. The molecule has 0 fully saturated rings. The fourth-order valence-electron chi connectivity index (χ4n) is 0.678. The van der Waals surface area contributed by atoms with Gasteiger partial charge in [0.2, 0.25) is 0 Å². The minimum absolute atomic E-state index is 0.213. The molecule has 1 aromatic rings. The Morgan fingerprint density at radius 2 is 1.92 bits per heavy atom. The molecular formula is C6H3ClF4N2. The number of halogens is 5. The highest BCUT2D eigenvalue weighted by Crippen LogP contribution is 2.34. The zero-order valence-electron chi connectivity index (χ0n) is 5.99. The van der Waals surface area contributed by atoms with Crippen LogP contribution in [0, 0.1) is 5.82 Å². The van der Waals surface area contributed by atoms with Gasteiger partial charge in [0.1, 0.15) is 5.15 Å². The smallest absolute Gasteiger partial charge is 0.381 e. The molecule has 0 atom stereocenters. The van der Waals surface area contributed by atoms with Gasteiger partial charge in [0.05, 0.1) is 5.56 Å². The summed E-state index contributed by atoms with van der Waals surface area (Å²) in [6.45, 7) is 0. The molecule has 2 N–H and O–H groups in total. The Morgan fingerprint density at radius 1 is 1.38 bits per heavy atom. The van der Waals surface area contributed by atoms with Crippen LogP contribution in [0.15, 0.2) is 6.07 Å². The first kappa shape index (κ1) is 10.0. The van der Waals surface area contributed by atoms with Crippen LogP contribution in [-0.4, -0.2) is 4.98 Å². The van der Waals surface area contributed by atoms with Crippen LogP contribution in [0.5, 0.6) is 0 Å². The van der Waals surface area contributed by atoms with Gasteiger partial charge in [0.15, 0.2) is 11.6 Å². The monoisotopic (exact) mass is 214 g/mol. The molecule has 0 aliphatic carbocycles. The van der Waals surface area contributed by atoms with Gasteiger partial charge in [0.25, 0.3) is 0 Å². The molecule has 0 saturated heterocycles. The first-order valence-electron chi connectivity index (χ1n) is 3.01. The molecule has 0 bridgehead atoms. The van der Waals surface area contributed by atoms with Crippen molar-refractivity contribution in [2.24, 2.45) is 0 Å². The van der Waals surface area contributed by atoms with Gasteiger partial charge in [-0.15, -0.1) is 0 Å². The largest absolute Gasteiger partial charge is 0.419 e. The summed E-state index contributed by atoms with van der Waals surface area (Å²) in [6, 6.07) is 0.213. The number of aromatic nitrogens is 1. The number of rotatable bonds is 0. The van der Waals surface area contributed by atoms with Crippen molar-refractivity contribution in [3.05, 3.63) is 22.6 Å². The Kier molecular flexibility index (Phi) is 2.34. The Labute approximate surface area is 75.3 Å². The summed E-state index contributed by atoms with van der Waals surface area (Å²) in [7, 11) is 0. The van der Waals surface area contributed by atoms with Crippen LogP contribution in [0.25, 0.3) is 0 Å². The number of alkyl halides is 3. The molecule has 0 amide bonds. The standard InChI is InChI=1S/C6H3ClF4N2/c7-4-2(6(9,10)11)1-3(8)5(12)13-4/h1H,(H2,12,13). The quantitative estimate of drug-likeness (QED) is 0.532. The zero-order valence-corrected chi connectivity index (χ0v) is 6.75. The van der Waals surface area contributed by atoms with Gasteiger partial charge in [-0.1, -0.05) is 11.6 Å². The van der Waals surface area contributed by atoms with E-state index in [0.29, 0.717) is 0 Å². The fourth-order valence-corrected chi connectivity index (χ4v) is 0.931. The number of nitrogens with zero attached hydrogens (tertiary/aromatic N) is 1. The van der Waals surface area contributed by atoms with Gasteiger partial charge in [0, 0.05) is 0 Å². The van der Waals surface area contributed by atoms with Crippen LogP contribution in [0.2, 0.25) is 5.15 Å². The third kappa shape index (κ3) is 2.00. The van der Waals surface area contributed by atoms with Crippen molar-refractivity contribution < 1.29 is 17.6 Å². The maximum Gasteiger partial charge on any atom is 0.419 e. The van der Waals surface area contributed by atoms with E-state index in [1.54, 1.807) is 0 Å². The zero-order chi connectivity index (χ0) is 10.2. The maximum atomic E-state index is 12.5. The molecule has 13 heavy (non-hydrogen) atoms. The van der Waals surface area contributed by atoms with Crippen molar-refractivity contribution in [3.8, 4) is 0 Å². The van der Waals surface area contributed by atoms with E-state index < -0.39 is 28.5 Å². The fraction of sp³-hybridized carbons (Fsp3) is 0.167. The van der Waals surface area contributed by atoms with Crippen molar-refractivity contribution in [2.45, 2.75) is 6.18 Å². The van der Waals surface area contributed by atoms with Crippen molar-refractivity contribution in [3.63, 3.8) is 0 Å². The molecule has 0 radical (unpaired) electrons. The van der Waals surface area contributed by atoms with Gasteiger partial charge in [-0.2, -0.15) is 13.2 Å². The lowest BCUT2D eigenvalue weighted by Crippen LogP contribution is -2.09. The normalized spacial score (nSPS) is 11.8. The SMILES string of the molecule is Nc1nc(Cl)c(C(F)(F)F)cc1F. The van der Waals surface area contributed by atoms with Crippen molar-refractivity contribution in [2.75, 3.05) is 5.73 Å². The second-order valence-corrected chi connectivity index (χ2v) is 2.55. The molecular weight excluding hydrogens is 212 g/mol. The number of anilines is 1. The van der Waals surface area contributed by atoms with Crippen molar-refractivity contribution in [1.82, 2.24) is 4.98 Å². The van der Waals surface area contributed by atoms with E-state index in [2.05, 4.69) is 4.98 Å². The molecule has 0 saturated carbocycles. The number of nitrogen functional groups attached to an aromatic ring is 1. The Balaban J connectivity index is 3.32. The number of hydrogen-bond acceptors (Lipinski definition) is 2. The molecule has 0 aliphatic rings. The Morgan fingerprint density at radius 3 is 2.38 bits per heavy atom. The predicted molar refractivity (Wildman–Crippen MR) is 38.6 cm³/mol. The van der Waals surface area contributed by atoms with E-state index >= 15 is 0 Å². The molecule has 1 aromatic heterocycles. The minimum Gasteiger partial charge on any atom is -0.381 e. The molecule has 72 valence electrons. The van der Waals surface area contributed by atoms with E-state index in [-0.39, 0.29) is 6.07 Å². The topological polar surface area (TPSA) is 38.9 Å². The molecule has 1 rings (SSSR count). The van der Waals surface area contributed by atoms with E-state index in [9.17, 15) is 17.6 Å². The average Bonchev–Trinajstić information content (AvgIpc) is 1.94. The number of nitrogens with two attached hydrogens (primary N) is 1. The highest BCUT2D eigenvalue weighted by Gasteiger charge is 2.34. The second-order valence-electron chi connectivity index (χ2n) is 2.19. The van der Waals surface area contributed by atoms with Crippen LogP contribution < -0.4 is 5.73 Å². The van der Waals surface area contributed by atoms with E-state index in [1.807, 2.05) is 0 Å². The molecule has 1 heterocycles. The van der Waals surface area contributed by atoms with Gasteiger partial charge in [-0.3, -0.25) is 0 Å². The van der Waals surface area contributed by atoms with Crippen LogP contribution in [-0.2, 0) is 6.18 Å². The summed E-state index contributed by atoms with van der Waals surface area (Å²) in [5.74, 6) is -1.89. The number of pyridine rings is 1. The average molecular weight is 215 g/mol. The molecule has 0 aromatic carbocycles. The lowest BCUT2D eigenvalue weighted by atomic mass is 10.2. The molecule has 7 heteroatoms. The molecule has 0 spiro atoms. The first-order valence-corrected chi connectivity index (χ1v) is 3.39. The number of hydrogen-bond donors (Lipinski definition) is 1. The van der Waals surface area contributed by atoms with Crippen molar-refractivity contribution >= 4 is 17.4 Å². The Bertz CT molecular complexity index is 336. The second kappa shape index (κ2) is 3.02. The highest BCUT2D eigenvalue weighted by molar-refractivity contribution is 6.30. The minimum atomic E-state index is -4.72. The Hall–Kier alpha value is -1.04. The van der Waals surface area contributed by atoms with Crippen LogP contribution in [0.4, 0.5) is 23.4 Å². The lowest BCUT2D eigenvalue weighted by molar-refractivity contribution is -0.137. The van der Waals surface area contributed by atoms with E-state index in [0.717, 1.165) is 0 Å². The van der Waals surface area contributed by atoms with Crippen molar-refractivity contribution in [1.29, 1.82) is 0 Å². The third-order valence-electron chi connectivity index (χ3n) is 1.26.